The Kier molecular flexibility index (Phi) is 3.34. The van der Waals surface area contributed by atoms with Crippen LogP contribution in [-0.4, -0.2) is 20.4 Å². The standard InChI is InChI=1S/C12H14N4OS2/c1-7(13)5-9-10(15-11-16(9)3-4-18-11)19-12-14-8(2)6-17-12/h3-4,6-7H,5,13H2,1-2H3. The second-order valence-corrected chi connectivity index (χ2v) is 6.27. The Morgan fingerprint density at radius 1 is 1.53 bits per heavy atom. The normalized spacial score (nSPS) is 13.2. The highest BCUT2D eigenvalue weighted by Gasteiger charge is 2.17. The lowest BCUT2D eigenvalue weighted by atomic mass is 10.2. The molecule has 0 bridgehead atoms. The second kappa shape index (κ2) is 4.99. The summed E-state index contributed by atoms with van der Waals surface area (Å²) in [4.78, 5) is 9.89. The van der Waals surface area contributed by atoms with Gasteiger partial charge in [-0.15, -0.1) is 11.3 Å². The van der Waals surface area contributed by atoms with E-state index in [2.05, 4.69) is 14.4 Å². The number of hydrogen-bond acceptors (Lipinski definition) is 6. The molecule has 3 aromatic rings. The van der Waals surface area contributed by atoms with E-state index in [4.69, 9.17) is 10.2 Å². The summed E-state index contributed by atoms with van der Waals surface area (Å²) in [6.45, 7) is 3.90. The fourth-order valence-electron chi connectivity index (χ4n) is 1.85. The molecule has 0 saturated carbocycles. The maximum atomic E-state index is 5.92. The van der Waals surface area contributed by atoms with Crippen molar-refractivity contribution in [2.24, 2.45) is 5.73 Å². The molecule has 0 aliphatic carbocycles. The van der Waals surface area contributed by atoms with E-state index < -0.39 is 0 Å². The number of imidazole rings is 1. The van der Waals surface area contributed by atoms with Gasteiger partial charge in [-0.25, -0.2) is 9.97 Å². The van der Waals surface area contributed by atoms with Crippen molar-refractivity contribution in [1.29, 1.82) is 0 Å². The van der Waals surface area contributed by atoms with Crippen molar-refractivity contribution in [2.45, 2.75) is 36.6 Å². The van der Waals surface area contributed by atoms with E-state index in [0.29, 0.717) is 5.22 Å². The minimum Gasteiger partial charge on any atom is -0.439 e. The first-order valence-electron chi connectivity index (χ1n) is 5.93. The highest BCUT2D eigenvalue weighted by atomic mass is 32.2. The third-order valence-corrected chi connectivity index (χ3v) is 4.26. The lowest BCUT2D eigenvalue weighted by Crippen LogP contribution is -2.19. The van der Waals surface area contributed by atoms with Crippen LogP contribution in [0.15, 0.2) is 32.5 Å². The van der Waals surface area contributed by atoms with Gasteiger partial charge in [0.25, 0.3) is 5.22 Å². The summed E-state index contributed by atoms with van der Waals surface area (Å²) in [5.41, 5.74) is 7.91. The molecular weight excluding hydrogens is 280 g/mol. The van der Waals surface area contributed by atoms with Crippen LogP contribution in [-0.2, 0) is 6.42 Å². The summed E-state index contributed by atoms with van der Waals surface area (Å²) >= 11 is 3.06. The minimum atomic E-state index is 0.0884. The molecule has 0 radical (unpaired) electrons. The van der Waals surface area contributed by atoms with Gasteiger partial charge in [0.1, 0.15) is 11.3 Å². The molecule has 0 aliphatic heterocycles. The van der Waals surface area contributed by atoms with Gasteiger partial charge in [0, 0.05) is 24.0 Å². The zero-order valence-electron chi connectivity index (χ0n) is 10.7. The molecule has 0 aromatic carbocycles. The lowest BCUT2D eigenvalue weighted by molar-refractivity contribution is 0.453. The van der Waals surface area contributed by atoms with Gasteiger partial charge in [0.05, 0.1) is 11.4 Å². The van der Waals surface area contributed by atoms with Crippen LogP contribution < -0.4 is 5.73 Å². The number of hydrogen-bond donors (Lipinski definition) is 1. The van der Waals surface area contributed by atoms with Gasteiger partial charge in [0.15, 0.2) is 4.96 Å². The molecule has 3 rings (SSSR count). The van der Waals surface area contributed by atoms with Crippen molar-refractivity contribution in [3.8, 4) is 0 Å². The van der Waals surface area contributed by atoms with E-state index in [1.807, 2.05) is 25.4 Å². The van der Waals surface area contributed by atoms with E-state index in [0.717, 1.165) is 27.8 Å². The van der Waals surface area contributed by atoms with Crippen LogP contribution in [0.1, 0.15) is 18.3 Å². The molecule has 5 nitrogen and oxygen atoms in total. The predicted molar refractivity (Wildman–Crippen MR) is 75.8 cm³/mol. The van der Waals surface area contributed by atoms with Gasteiger partial charge in [0.2, 0.25) is 0 Å². The zero-order chi connectivity index (χ0) is 13.4. The summed E-state index contributed by atoms with van der Waals surface area (Å²) < 4.78 is 7.46. The average molecular weight is 294 g/mol. The van der Waals surface area contributed by atoms with Crippen molar-refractivity contribution >= 4 is 28.1 Å². The molecule has 1 unspecified atom stereocenters. The molecule has 19 heavy (non-hydrogen) atoms. The fraction of sp³-hybridized carbons (Fsp3) is 0.333. The van der Waals surface area contributed by atoms with Crippen LogP contribution in [0.4, 0.5) is 0 Å². The third kappa shape index (κ3) is 2.54. The Hall–Kier alpha value is -1.31. The van der Waals surface area contributed by atoms with Crippen molar-refractivity contribution in [1.82, 2.24) is 14.4 Å². The smallest absolute Gasteiger partial charge is 0.262 e. The van der Waals surface area contributed by atoms with Gasteiger partial charge in [-0.1, -0.05) is 0 Å². The number of thiazole rings is 1. The highest BCUT2D eigenvalue weighted by Crippen LogP contribution is 2.31. The molecule has 1 atom stereocenters. The first-order chi connectivity index (χ1) is 9.13. The molecule has 0 spiro atoms. The molecule has 0 saturated heterocycles. The zero-order valence-corrected chi connectivity index (χ0v) is 12.3. The van der Waals surface area contributed by atoms with Crippen LogP contribution >= 0.6 is 23.1 Å². The third-order valence-electron chi connectivity index (χ3n) is 2.62. The summed E-state index contributed by atoms with van der Waals surface area (Å²) in [5, 5.41) is 3.57. The Morgan fingerprint density at radius 2 is 2.37 bits per heavy atom. The first kappa shape index (κ1) is 12.7. The summed E-state index contributed by atoms with van der Waals surface area (Å²) in [6, 6.07) is 0.0884. The van der Waals surface area contributed by atoms with Crippen LogP contribution in [0.3, 0.4) is 0 Å². The summed E-state index contributed by atoms with van der Waals surface area (Å²) in [5.74, 6) is 0. The van der Waals surface area contributed by atoms with Gasteiger partial charge in [-0.05, 0) is 25.6 Å². The largest absolute Gasteiger partial charge is 0.439 e. The minimum absolute atomic E-state index is 0.0884. The fourth-order valence-corrected chi connectivity index (χ4v) is 3.52. The first-order valence-corrected chi connectivity index (χ1v) is 7.63. The molecule has 0 aliphatic rings. The maximum Gasteiger partial charge on any atom is 0.262 e. The highest BCUT2D eigenvalue weighted by molar-refractivity contribution is 7.99. The van der Waals surface area contributed by atoms with Crippen molar-refractivity contribution < 1.29 is 4.42 Å². The van der Waals surface area contributed by atoms with E-state index >= 15 is 0 Å². The Labute approximate surface area is 118 Å². The number of oxazole rings is 1. The Morgan fingerprint density at radius 3 is 3.05 bits per heavy atom. The maximum absolute atomic E-state index is 5.92. The summed E-state index contributed by atoms with van der Waals surface area (Å²) in [6.07, 6.45) is 4.45. The van der Waals surface area contributed by atoms with E-state index in [9.17, 15) is 0 Å². The molecule has 3 aromatic heterocycles. The van der Waals surface area contributed by atoms with Gasteiger partial charge in [-0.3, -0.25) is 4.40 Å². The average Bonchev–Trinajstić information content (AvgIpc) is 2.99. The predicted octanol–water partition coefficient (Wildman–Crippen LogP) is 2.73. The van der Waals surface area contributed by atoms with Gasteiger partial charge < -0.3 is 10.2 Å². The van der Waals surface area contributed by atoms with Crippen LogP contribution in [0.5, 0.6) is 0 Å². The topological polar surface area (TPSA) is 69.3 Å². The SMILES string of the molecule is Cc1coc(Sc2nc3sccn3c2CC(C)N)n1. The number of fused-ring (bicyclic) bond motifs is 1. The van der Waals surface area contributed by atoms with E-state index in [1.165, 1.54) is 11.8 Å². The molecular formula is C12H14N4OS2. The van der Waals surface area contributed by atoms with Crippen LogP contribution in [0.2, 0.25) is 0 Å². The Bertz CT molecular complexity index is 698. The van der Waals surface area contributed by atoms with Crippen molar-refractivity contribution in [3.63, 3.8) is 0 Å². The van der Waals surface area contributed by atoms with Crippen molar-refractivity contribution in [3.05, 3.63) is 29.2 Å². The second-order valence-electron chi connectivity index (χ2n) is 4.46. The monoisotopic (exact) mass is 294 g/mol. The van der Waals surface area contributed by atoms with E-state index in [1.54, 1.807) is 17.6 Å². The molecule has 0 amide bonds. The number of nitrogens with two attached hydrogens (primary N) is 1. The quantitative estimate of drug-likeness (QED) is 0.801. The van der Waals surface area contributed by atoms with Gasteiger partial charge in [-0.2, -0.15) is 0 Å². The number of nitrogens with zero attached hydrogens (tertiary/aromatic N) is 3. The number of aromatic nitrogens is 3. The van der Waals surface area contributed by atoms with Crippen molar-refractivity contribution in [2.75, 3.05) is 0 Å². The molecule has 0 fully saturated rings. The van der Waals surface area contributed by atoms with Crippen LogP contribution in [0.25, 0.3) is 4.96 Å². The molecule has 3 heterocycles. The molecule has 100 valence electrons. The number of aryl methyl sites for hydroxylation is 1. The Balaban J connectivity index is 1.99. The summed E-state index contributed by atoms with van der Waals surface area (Å²) in [7, 11) is 0. The van der Waals surface area contributed by atoms with E-state index in [-0.39, 0.29) is 6.04 Å². The molecule has 2 N–H and O–H groups in total. The number of rotatable bonds is 4. The lowest BCUT2D eigenvalue weighted by Gasteiger charge is -2.05. The van der Waals surface area contributed by atoms with Crippen LogP contribution in [0, 0.1) is 6.92 Å². The molecule has 7 heteroatoms. The van der Waals surface area contributed by atoms with Gasteiger partial charge >= 0.3 is 0 Å².